The number of ether oxygens (including phenoxy) is 1. The van der Waals surface area contributed by atoms with E-state index in [4.69, 9.17) is 9.84 Å². The molecule has 0 fully saturated rings. The van der Waals surface area contributed by atoms with Crippen LogP contribution in [0.15, 0.2) is 12.7 Å². The van der Waals surface area contributed by atoms with Crippen molar-refractivity contribution in [3.05, 3.63) is 12.7 Å². The van der Waals surface area contributed by atoms with Crippen molar-refractivity contribution >= 4 is 17.8 Å². The summed E-state index contributed by atoms with van der Waals surface area (Å²) >= 11 is 0. The van der Waals surface area contributed by atoms with Crippen LogP contribution in [-0.2, 0) is 19.1 Å². The van der Waals surface area contributed by atoms with Crippen LogP contribution in [0.3, 0.4) is 0 Å². The van der Waals surface area contributed by atoms with Gasteiger partial charge in [0.15, 0.2) is 0 Å². The molecular weight excluding hydrogens is 382 g/mol. The molecule has 178 valence electrons. The largest absolute Gasteiger partial charge is 0.481 e. The Bertz CT molecular complexity index is 534. The predicted octanol–water partition coefficient (Wildman–Crippen LogP) is 5.61. The Hall–Kier alpha value is -1.85. The number of hydrogen-bond donors (Lipinski definition) is 2. The Morgan fingerprint density at radius 1 is 0.900 bits per heavy atom. The van der Waals surface area contributed by atoms with E-state index in [1.807, 2.05) is 62.3 Å². The summed E-state index contributed by atoms with van der Waals surface area (Å²) in [5, 5.41) is 11.3. The lowest BCUT2D eigenvalue weighted by Gasteiger charge is -2.22. The van der Waals surface area contributed by atoms with Gasteiger partial charge in [0.1, 0.15) is 6.61 Å². The highest BCUT2D eigenvalue weighted by Crippen LogP contribution is 2.21. The summed E-state index contributed by atoms with van der Waals surface area (Å²) in [6.45, 7) is 24.7. The highest BCUT2D eigenvalue weighted by atomic mass is 16.5. The first kappa shape index (κ1) is 32.8. The number of nitrogens with one attached hydrogen (secondary N) is 1. The normalized spacial score (nSPS) is 11.3. The van der Waals surface area contributed by atoms with Crippen LogP contribution in [0.2, 0.25) is 0 Å². The third-order valence-corrected chi connectivity index (χ3v) is 5.15. The first-order chi connectivity index (χ1) is 13.4. The Morgan fingerprint density at radius 3 is 1.53 bits per heavy atom. The van der Waals surface area contributed by atoms with Gasteiger partial charge in [0.25, 0.3) is 0 Å². The molecule has 0 spiro atoms. The maximum absolute atomic E-state index is 11.4. The van der Waals surface area contributed by atoms with Crippen molar-refractivity contribution in [3.63, 3.8) is 0 Å². The van der Waals surface area contributed by atoms with Gasteiger partial charge in [0, 0.05) is 11.5 Å². The molecule has 30 heavy (non-hydrogen) atoms. The lowest BCUT2D eigenvalue weighted by molar-refractivity contribution is -0.152. The molecule has 0 saturated carbocycles. The van der Waals surface area contributed by atoms with Crippen molar-refractivity contribution in [1.82, 2.24) is 5.32 Å². The fourth-order valence-corrected chi connectivity index (χ4v) is 1.24. The molecular formula is C24H47NO5. The van der Waals surface area contributed by atoms with Gasteiger partial charge in [-0.25, -0.2) is 0 Å². The second-order valence-electron chi connectivity index (χ2n) is 9.53. The fraction of sp³-hybridized carbons (Fsp3) is 0.792. The van der Waals surface area contributed by atoms with Gasteiger partial charge in [0.05, 0.1) is 10.8 Å². The SMILES string of the molecule is C=CCOC(=O)C(C)(C)CC.CCC(C)(C)C(=O)NC(C)C.CCC(C)(C)C(=O)O. The van der Waals surface area contributed by atoms with Gasteiger partial charge in [-0.15, -0.1) is 0 Å². The third kappa shape index (κ3) is 15.1. The Balaban J connectivity index is -0.000000370. The van der Waals surface area contributed by atoms with E-state index >= 15 is 0 Å². The monoisotopic (exact) mass is 429 g/mol. The van der Waals surface area contributed by atoms with Crippen LogP contribution in [-0.4, -0.2) is 35.6 Å². The van der Waals surface area contributed by atoms with Crippen LogP contribution in [0.4, 0.5) is 0 Å². The Morgan fingerprint density at radius 2 is 1.30 bits per heavy atom. The highest BCUT2D eigenvalue weighted by molar-refractivity contribution is 5.81. The number of carbonyl (C=O) groups excluding carboxylic acids is 2. The second kappa shape index (κ2) is 15.0. The molecule has 6 heteroatoms. The molecule has 0 aliphatic carbocycles. The zero-order valence-corrected chi connectivity index (χ0v) is 21.3. The van der Waals surface area contributed by atoms with E-state index < -0.39 is 11.4 Å². The first-order valence-corrected chi connectivity index (χ1v) is 10.8. The van der Waals surface area contributed by atoms with Crippen LogP contribution in [0.5, 0.6) is 0 Å². The molecule has 0 aliphatic rings. The average Bonchev–Trinajstić information content (AvgIpc) is 2.66. The molecule has 0 heterocycles. The Kier molecular flexibility index (Phi) is 16.4. The second-order valence-corrected chi connectivity index (χ2v) is 9.53. The molecule has 0 saturated heterocycles. The highest BCUT2D eigenvalue weighted by Gasteiger charge is 2.26. The van der Waals surface area contributed by atoms with E-state index in [1.54, 1.807) is 19.9 Å². The van der Waals surface area contributed by atoms with Gasteiger partial charge in [0.2, 0.25) is 5.91 Å². The molecule has 0 rings (SSSR count). The molecule has 0 radical (unpaired) electrons. The topological polar surface area (TPSA) is 92.7 Å². The van der Waals surface area contributed by atoms with E-state index in [-0.39, 0.29) is 28.7 Å². The van der Waals surface area contributed by atoms with Gasteiger partial charge in [-0.1, -0.05) is 47.3 Å². The van der Waals surface area contributed by atoms with Crippen LogP contribution in [0.1, 0.15) is 95.4 Å². The number of rotatable bonds is 9. The Labute approximate surface area is 184 Å². The van der Waals surface area contributed by atoms with Gasteiger partial charge in [-0.3, -0.25) is 14.4 Å². The van der Waals surface area contributed by atoms with E-state index in [1.165, 1.54) is 0 Å². The summed E-state index contributed by atoms with van der Waals surface area (Å²) < 4.78 is 4.89. The molecule has 0 aromatic carbocycles. The van der Waals surface area contributed by atoms with Crippen molar-refractivity contribution in [1.29, 1.82) is 0 Å². The van der Waals surface area contributed by atoms with Crippen LogP contribution in [0.25, 0.3) is 0 Å². The number of carboxylic acids is 1. The van der Waals surface area contributed by atoms with Crippen molar-refractivity contribution in [2.45, 2.75) is 101 Å². The summed E-state index contributed by atoms with van der Waals surface area (Å²) in [7, 11) is 0. The van der Waals surface area contributed by atoms with Crippen molar-refractivity contribution in [2.75, 3.05) is 6.61 Å². The summed E-state index contributed by atoms with van der Waals surface area (Å²) in [4.78, 5) is 32.8. The molecule has 0 atom stereocenters. The lowest BCUT2D eigenvalue weighted by atomic mass is 9.89. The van der Waals surface area contributed by atoms with E-state index in [0.29, 0.717) is 13.0 Å². The van der Waals surface area contributed by atoms with Crippen LogP contribution in [0, 0.1) is 16.2 Å². The smallest absolute Gasteiger partial charge is 0.311 e. The van der Waals surface area contributed by atoms with E-state index in [2.05, 4.69) is 11.9 Å². The van der Waals surface area contributed by atoms with Crippen molar-refractivity contribution in [3.8, 4) is 0 Å². The lowest BCUT2D eigenvalue weighted by Crippen LogP contribution is -2.40. The minimum Gasteiger partial charge on any atom is -0.481 e. The van der Waals surface area contributed by atoms with Crippen molar-refractivity contribution < 1.29 is 24.2 Å². The standard InChI is InChI=1S/C9H19NO.C9H16O2.C6H12O2/c1-6-9(4,5)8(11)10-7(2)3;1-5-7-11-8(10)9(3,4)6-2;1-4-6(2,3)5(7)8/h7H,6H2,1-5H3,(H,10,11);5H,1,6-7H2,2-4H3;4H2,1-3H3,(H,7,8). The minimum atomic E-state index is -0.722. The van der Waals surface area contributed by atoms with Gasteiger partial charge in [-0.05, 0) is 60.8 Å². The average molecular weight is 430 g/mol. The van der Waals surface area contributed by atoms with Crippen molar-refractivity contribution in [2.24, 2.45) is 16.2 Å². The summed E-state index contributed by atoms with van der Waals surface area (Å²) in [5.41, 5.74) is -1.12. The van der Waals surface area contributed by atoms with E-state index in [0.717, 1.165) is 12.8 Å². The third-order valence-electron chi connectivity index (χ3n) is 5.15. The van der Waals surface area contributed by atoms with E-state index in [9.17, 15) is 14.4 Å². The maximum atomic E-state index is 11.4. The van der Waals surface area contributed by atoms with Gasteiger partial charge in [-0.2, -0.15) is 0 Å². The molecule has 6 nitrogen and oxygen atoms in total. The molecule has 0 aromatic rings. The molecule has 2 N–H and O–H groups in total. The number of carbonyl (C=O) groups is 3. The number of carboxylic acid groups (broad SMARTS) is 1. The summed E-state index contributed by atoms with van der Waals surface area (Å²) in [6.07, 6.45) is 3.93. The summed E-state index contributed by atoms with van der Waals surface area (Å²) in [5.74, 6) is -0.727. The molecule has 0 bridgehead atoms. The van der Waals surface area contributed by atoms with Crippen LogP contribution < -0.4 is 5.32 Å². The van der Waals surface area contributed by atoms with Crippen LogP contribution >= 0.6 is 0 Å². The number of hydrogen-bond acceptors (Lipinski definition) is 4. The van der Waals surface area contributed by atoms with Gasteiger partial charge >= 0.3 is 11.9 Å². The zero-order chi connectivity index (χ0) is 24.8. The maximum Gasteiger partial charge on any atom is 0.311 e. The minimum absolute atomic E-state index is 0.148. The fourth-order valence-electron chi connectivity index (χ4n) is 1.24. The molecule has 1 amide bonds. The summed E-state index contributed by atoms with van der Waals surface area (Å²) in [6, 6.07) is 0.244. The first-order valence-electron chi connectivity index (χ1n) is 10.8. The predicted molar refractivity (Wildman–Crippen MR) is 124 cm³/mol. The zero-order valence-electron chi connectivity index (χ0n) is 21.3. The molecule has 0 aromatic heterocycles. The number of amides is 1. The van der Waals surface area contributed by atoms with Gasteiger partial charge < -0.3 is 15.2 Å². The molecule has 0 unspecified atom stereocenters. The quantitative estimate of drug-likeness (QED) is 0.367. The molecule has 0 aliphatic heterocycles. The number of aliphatic carboxylic acids is 1. The number of esters is 1.